The lowest BCUT2D eigenvalue weighted by Gasteiger charge is -2.01. The van der Waals surface area contributed by atoms with E-state index in [4.69, 9.17) is 11.6 Å². The number of nitro groups is 1. The Morgan fingerprint density at radius 3 is 2.55 bits per heavy atom. The topological polar surface area (TPSA) is 75.7 Å². The van der Waals surface area contributed by atoms with E-state index in [0.717, 1.165) is 0 Å². The van der Waals surface area contributed by atoms with Crippen molar-refractivity contribution in [2.24, 2.45) is 4.99 Å². The van der Waals surface area contributed by atoms with Crippen LogP contribution in [0.15, 0.2) is 45.9 Å². The average Bonchev–Trinajstić information content (AvgIpc) is 2.41. The zero-order valence-corrected chi connectivity index (χ0v) is 12.3. The van der Waals surface area contributed by atoms with E-state index in [1.54, 1.807) is 30.3 Å². The lowest BCUT2D eigenvalue weighted by Crippen LogP contribution is -1.92. The maximum Gasteiger partial charge on any atom is 0.312 e. The summed E-state index contributed by atoms with van der Waals surface area (Å²) in [5.41, 5.74) is 0.495. The number of hydrogen-bond acceptors (Lipinski definition) is 4. The fourth-order valence-corrected chi connectivity index (χ4v) is 2.10. The van der Waals surface area contributed by atoms with Crippen LogP contribution in [0.3, 0.4) is 0 Å². The second-order valence-corrected chi connectivity index (χ2v) is 5.21. The Balaban J connectivity index is 2.38. The summed E-state index contributed by atoms with van der Waals surface area (Å²) in [5, 5.41) is 21.2. The maximum atomic E-state index is 10.8. The molecule has 2 aromatic rings. The van der Waals surface area contributed by atoms with Crippen LogP contribution in [0.5, 0.6) is 5.75 Å². The molecule has 0 unspecified atom stereocenters. The van der Waals surface area contributed by atoms with Crippen LogP contribution >= 0.6 is 27.5 Å². The molecule has 0 saturated heterocycles. The molecule has 20 heavy (non-hydrogen) atoms. The molecule has 5 nitrogen and oxygen atoms in total. The van der Waals surface area contributed by atoms with Gasteiger partial charge in [0.25, 0.3) is 0 Å². The zero-order valence-electron chi connectivity index (χ0n) is 9.96. The molecule has 0 aliphatic heterocycles. The number of benzene rings is 2. The average molecular weight is 356 g/mol. The third-order valence-electron chi connectivity index (χ3n) is 2.46. The van der Waals surface area contributed by atoms with E-state index in [1.165, 1.54) is 12.3 Å². The van der Waals surface area contributed by atoms with Crippen molar-refractivity contribution in [3.63, 3.8) is 0 Å². The van der Waals surface area contributed by atoms with Crippen molar-refractivity contribution in [2.45, 2.75) is 0 Å². The molecule has 0 heterocycles. The molecule has 102 valence electrons. The van der Waals surface area contributed by atoms with Crippen molar-refractivity contribution in [3.8, 4) is 5.75 Å². The summed E-state index contributed by atoms with van der Waals surface area (Å²) in [7, 11) is 0. The lowest BCUT2D eigenvalue weighted by molar-refractivity contribution is -0.385. The predicted molar refractivity (Wildman–Crippen MR) is 81.2 cm³/mol. The minimum Gasteiger partial charge on any atom is -0.502 e. The Kier molecular flexibility index (Phi) is 4.36. The summed E-state index contributed by atoms with van der Waals surface area (Å²) in [4.78, 5) is 14.3. The number of hydrogen-bond donors (Lipinski definition) is 1. The molecule has 2 aromatic carbocycles. The van der Waals surface area contributed by atoms with Gasteiger partial charge < -0.3 is 5.11 Å². The van der Waals surface area contributed by atoms with Gasteiger partial charge in [-0.25, -0.2) is 0 Å². The molecule has 0 aliphatic rings. The summed E-state index contributed by atoms with van der Waals surface area (Å²) in [6.07, 6.45) is 1.36. The standard InChI is InChI=1S/C13H8BrClN2O3/c14-9-5-8(13(18)12(6-9)17(19)20)7-16-11-3-1-10(15)2-4-11/h1-7,18H. The van der Waals surface area contributed by atoms with Crippen LogP contribution < -0.4 is 0 Å². The molecule has 0 atom stereocenters. The quantitative estimate of drug-likeness (QED) is 0.501. The molecule has 0 saturated carbocycles. The van der Waals surface area contributed by atoms with Gasteiger partial charge in [-0.3, -0.25) is 15.1 Å². The molecule has 0 amide bonds. The summed E-state index contributed by atoms with van der Waals surface area (Å²) < 4.78 is 0.486. The fraction of sp³-hybridized carbons (Fsp3) is 0. The Labute approximate surface area is 127 Å². The minimum atomic E-state index is -0.653. The van der Waals surface area contributed by atoms with Crippen molar-refractivity contribution < 1.29 is 10.0 Å². The summed E-state index contributed by atoms with van der Waals surface area (Å²) >= 11 is 8.91. The zero-order chi connectivity index (χ0) is 14.7. The van der Waals surface area contributed by atoms with E-state index in [9.17, 15) is 15.2 Å². The minimum absolute atomic E-state index is 0.251. The van der Waals surface area contributed by atoms with Gasteiger partial charge in [-0.1, -0.05) is 27.5 Å². The second-order valence-electron chi connectivity index (χ2n) is 3.85. The number of halogens is 2. The highest BCUT2D eigenvalue weighted by atomic mass is 79.9. The fourth-order valence-electron chi connectivity index (χ4n) is 1.51. The van der Waals surface area contributed by atoms with Crippen molar-refractivity contribution in [1.82, 2.24) is 0 Å². The number of nitro benzene ring substituents is 1. The smallest absolute Gasteiger partial charge is 0.312 e. The van der Waals surface area contributed by atoms with Gasteiger partial charge in [0.15, 0.2) is 0 Å². The largest absolute Gasteiger partial charge is 0.502 e. The van der Waals surface area contributed by atoms with Crippen molar-refractivity contribution in [3.05, 3.63) is 61.6 Å². The van der Waals surface area contributed by atoms with Gasteiger partial charge in [0.1, 0.15) is 0 Å². The third-order valence-corrected chi connectivity index (χ3v) is 3.17. The van der Waals surface area contributed by atoms with E-state index in [2.05, 4.69) is 20.9 Å². The van der Waals surface area contributed by atoms with Gasteiger partial charge in [-0.15, -0.1) is 0 Å². The first-order valence-corrected chi connectivity index (χ1v) is 6.61. The number of aliphatic imine (C=N–C) groups is 1. The van der Waals surface area contributed by atoms with Crippen LogP contribution in [-0.4, -0.2) is 16.2 Å². The Bertz CT molecular complexity index is 687. The van der Waals surface area contributed by atoms with E-state index in [0.29, 0.717) is 15.2 Å². The lowest BCUT2D eigenvalue weighted by atomic mass is 10.2. The highest BCUT2D eigenvalue weighted by molar-refractivity contribution is 9.10. The van der Waals surface area contributed by atoms with Crippen LogP contribution in [0.1, 0.15) is 5.56 Å². The molecule has 0 spiro atoms. The molecule has 0 aliphatic carbocycles. The molecule has 2 rings (SSSR count). The monoisotopic (exact) mass is 354 g/mol. The van der Waals surface area contributed by atoms with Crippen LogP contribution in [0.4, 0.5) is 11.4 Å². The van der Waals surface area contributed by atoms with Gasteiger partial charge in [-0.2, -0.15) is 0 Å². The van der Waals surface area contributed by atoms with Gasteiger partial charge in [0, 0.05) is 27.3 Å². The molecule has 0 radical (unpaired) electrons. The molecule has 0 bridgehead atoms. The van der Waals surface area contributed by atoms with Gasteiger partial charge >= 0.3 is 5.69 Å². The van der Waals surface area contributed by atoms with Crippen LogP contribution in [0, 0.1) is 10.1 Å². The summed E-state index contributed by atoms with van der Waals surface area (Å²) in [5.74, 6) is -0.420. The van der Waals surface area contributed by atoms with Gasteiger partial charge in [0.2, 0.25) is 5.75 Å². The van der Waals surface area contributed by atoms with Gasteiger partial charge in [0.05, 0.1) is 10.6 Å². The molecule has 1 N–H and O–H groups in total. The van der Waals surface area contributed by atoms with E-state index >= 15 is 0 Å². The SMILES string of the molecule is O=[N+]([O-])c1cc(Br)cc(C=Nc2ccc(Cl)cc2)c1O. The van der Waals surface area contributed by atoms with E-state index in [1.807, 2.05) is 0 Å². The van der Waals surface area contributed by atoms with Crippen molar-refractivity contribution in [1.29, 1.82) is 0 Å². The first-order chi connectivity index (χ1) is 9.47. The third kappa shape index (κ3) is 3.34. The molecular weight excluding hydrogens is 348 g/mol. The number of aromatic hydroxyl groups is 1. The second kappa shape index (κ2) is 6.02. The van der Waals surface area contributed by atoms with Crippen molar-refractivity contribution >= 4 is 45.1 Å². The Morgan fingerprint density at radius 1 is 1.30 bits per heavy atom. The Morgan fingerprint density at radius 2 is 1.95 bits per heavy atom. The van der Waals surface area contributed by atoms with Gasteiger partial charge in [-0.05, 0) is 30.3 Å². The van der Waals surface area contributed by atoms with Crippen LogP contribution in [0.2, 0.25) is 5.02 Å². The number of phenols is 1. The first-order valence-electron chi connectivity index (χ1n) is 5.44. The highest BCUT2D eigenvalue weighted by Gasteiger charge is 2.17. The first kappa shape index (κ1) is 14.5. The molecule has 0 aromatic heterocycles. The molecular formula is C13H8BrClN2O3. The van der Waals surface area contributed by atoms with E-state index in [-0.39, 0.29) is 11.3 Å². The summed E-state index contributed by atoms with van der Waals surface area (Å²) in [6.45, 7) is 0. The van der Waals surface area contributed by atoms with Crippen molar-refractivity contribution in [2.75, 3.05) is 0 Å². The van der Waals surface area contributed by atoms with E-state index < -0.39 is 10.7 Å². The molecule has 0 fully saturated rings. The number of rotatable bonds is 3. The van der Waals surface area contributed by atoms with Crippen LogP contribution in [0.25, 0.3) is 0 Å². The highest BCUT2D eigenvalue weighted by Crippen LogP contribution is 2.32. The maximum absolute atomic E-state index is 10.8. The summed E-state index contributed by atoms with van der Waals surface area (Å²) in [6, 6.07) is 9.52. The van der Waals surface area contributed by atoms with Crippen LogP contribution in [-0.2, 0) is 0 Å². The number of nitrogens with zero attached hydrogens (tertiary/aromatic N) is 2. The number of phenolic OH excluding ortho intramolecular Hbond substituents is 1. The predicted octanol–water partition coefficient (Wildman–Crippen LogP) is 4.47. The molecule has 7 heteroatoms. The normalized spacial score (nSPS) is 10.9. The Hall–Kier alpha value is -1.92.